The minimum absolute atomic E-state index is 0.140. The first-order chi connectivity index (χ1) is 7.59. The topological polar surface area (TPSA) is 75.4 Å². The highest BCUT2D eigenvalue weighted by Crippen LogP contribution is 2.05. The zero-order valence-corrected chi connectivity index (χ0v) is 9.14. The number of carbonyl (C=O) groups is 2. The largest absolute Gasteiger partial charge is 0.351 e. The monoisotopic (exact) mass is 221 g/mol. The Hall–Kier alpha value is -2.04. The van der Waals surface area contributed by atoms with E-state index in [1.54, 1.807) is 19.2 Å². The molecule has 16 heavy (non-hydrogen) atoms. The van der Waals surface area contributed by atoms with Crippen LogP contribution in [0.2, 0.25) is 0 Å². The second-order valence-corrected chi connectivity index (χ2v) is 3.42. The first-order valence-electron chi connectivity index (χ1n) is 4.95. The average molecular weight is 221 g/mol. The van der Waals surface area contributed by atoms with Crippen LogP contribution >= 0.6 is 0 Å². The van der Waals surface area contributed by atoms with Gasteiger partial charge in [-0.2, -0.15) is 0 Å². The van der Waals surface area contributed by atoms with Gasteiger partial charge < -0.3 is 16.0 Å². The molecular weight excluding hydrogens is 206 g/mol. The van der Waals surface area contributed by atoms with Crippen molar-refractivity contribution >= 4 is 17.6 Å². The first kappa shape index (κ1) is 12.0. The third-order valence-electron chi connectivity index (χ3n) is 2.11. The number of nitrogens with two attached hydrogens (primary N) is 1. The summed E-state index contributed by atoms with van der Waals surface area (Å²) in [7, 11) is 1.55. The number of anilines is 1. The van der Waals surface area contributed by atoms with Crippen LogP contribution in [0, 0.1) is 0 Å². The number of primary amides is 1. The molecule has 3 N–H and O–H groups in total. The molecule has 1 rings (SSSR count). The van der Waals surface area contributed by atoms with E-state index in [1.807, 2.05) is 18.2 Å². The van der Waals surface area contributed by atoms with Crippen LogP contribution in [0.4, 0.5) is 10.5 Å². The quantitative estimate of drug-likeness (QED) is 0.796. The van der Waals surface area contributed by atoms with Crippen molar-refractivity contribution in [2.24, 2.45) is 5.73 Å². The summed E-state index contributed by atoms with van der Waals surface area (Å²) in [5.74, 6) is -0.140. The van der Waals surface area contributed by atoms with E-state index < -0.39 is 6.03 Å². The highest BCUT2D eigenvalue weighted by Gasteiger charge is 2.06. The molecule has 0 fully saturated rings. The Morgan fingerprint density at radius 1 is 1.31 bits per heavy atom. The van der Waals surface area contributed by atoms with E-state index >= 15 is 0 Å². The molecule has 0 aliphatic heterocycles. The zero-order chi connectivity index (χ0) is 12.0. The fourth-order valence-electron chi connectivity index (χ4n) is 1.12. The van der Waals surface area contributed by atoms with Gasteiger partial charge in [0.25, 0.3) is 0 Å². The minimum Gasteiger partial charge on any atom is -0.351 e. The summed E-state index contributed by atoms with van der Waals surface area (Å²) in [5.41, 5.74) is 5.77. The molecule has 0 atom stereocenters. The summed E-state index contributed by atoms with van der Waals surface area (Å²) < 4.78 is 0. The molecule has 1 aromatic carbocycles. The summed E-state index contributed by atoms with van der Waals surface area (Å²) >= 11 is 0. The molecule has 3 amide bonds. The van der Waals surface area contributed by atoms with Crippen LogP contribution in [0.1, 0.15) is 6.42 Å². The molecule has 0 saturated carbocycles. The van der Waals surface area contributed by atoms with Crippen molar-refractivity contribution in [3.8, 4) is 0 Å². The maximum Gasteiger partial charge on any atom is 0.314 e. The fourth-order valence-corrected chi connectivity index (χ4v) is 1.12. The summed E-state index contributed by atoms with van der Waals surface area (Å²) in [6.45, 7) is 0.313. The van der Waals surface area contributed by atoms with Gasteiger partial charge in [-0.3, -0.25) is 4.79 Å². The minimum atomic E-state index is -0.535. The maximum atomic E-state index is 11.4. The number of rotatable bonds is 4. The molecule has 0 heterocycles. The maximum absolute atomic E-state index is 11.4. The van der Waals surface area contributed by atoms with Crippen molar-refractivity contribution in [3.63, 3.8) is 0 Å². The van der Waals surface area contributed by atoms with Gasteiger partial charge in [0.2, 0.25) is 5.91 Å². The van der Waals surface area contributed by atoms with E-state index in [0.717, 1.165) is 5.69 Å². The van der Waals surface area contributed by atoms with Gasteiger partial charge in [-0.25, -0.2) is 4.79 Å². The molecule has 0 radical (unpaired) electrons. The SMILES string of the molecule is CN(CCC(=O)Nc1ccccc1)C(N)=O. The predicted molar refractivity (Wildman–Crippen MR) is 61.9 cm³/mol. The predicted octanol–water partition coefficient (Wildman–Crippen LogP) is 1.03. The molecule has 86 valence electrons. The van der Waals surface area contributed by atoms with E-state index in [1.165, 1.54) is 4.90 Å². The Labute approximate surface area is 94.2 Å². The Kier molecular flexibility index (Phi) is 4.32. The smallest absolute Gasteiger partial charge is 0.314 e. The fraction of sp³-hybridized carbons (Fsp3) is 0.273. The number of carbonyl (C=O) groups excluding carboxylic acids is 2. The van der Waals surface area contributed by atoms with Crippen molar-refractivity contribution in [2.75, 3.05) is 18.9 Å². The Bertz CT molecular complexity index is 365. The number of urea groups is 1. The van der Waals surface area contributed by atoms with E-state index in [-0.39, 0.29) is 12.3 Å². The van der Waals surface area contributed by atoms with E-state index in [0.29, 0.717) is 6.54 Å². The van der Waals surface area contributed by atoms with E-state index in [4.69, 9.17) is 5.73 Å². The molecule has 0 aliphatic carbocycles. The van der Waals surface area contributed by atoms with Crippen molar-refractivity contribution in [2.45, 2.75) is 6.42 Å². The van der Waals surface area contributed by atoms with E-state index in [2.05, 4.69) is 5.32 Å². The van der Waals surface area contributed by atoms with Crippen LogP contribution in [-0.4, -0.2) is 30.4 Å². The molecule has 1 aromatic rings. The summed E-state index contributed by atoms with van der Waals surface area (Å²) in [6, 6.07) is 8.62. The van der Waals surface area contributed by atoms with Gasteiger partial charge in [-0.05, 0) is 12.1 Å². The van der Waals surface area contributed by atoms with Crippen LogP contribution in [0.3, 0.4) is 0 Å². The molecule has 0 saturated heterocycles. The standard InChI is InChI=1S/C11H15N3O2/c1-14(11(12)16)8-7-10(15)13-9-5-3-2-4-6-9/h2-6H,7-8H2,1H3,(H2,12,16)(H,13,15). The molecule has 0 aromatic heterocycles. The second kappa shape index (κ2) is 5.75. The van der Waals surface area contributed by atoms with Crippen LogP contribution < -0.4 is 11.1 Å². The first-order valence-corrected chi connectivity index (χ1v) is 4.95. The van der Waals surface area contributed by atoms with Crippen molar-refractivity contribution in [1.29, 1.82) is 0 Å². The average Bonchev–Trinajstić information content (AvgIpc) is 2.27. The molecular formula is C11H15N3O2. The number of para-hydroxylation sites is 1. The molecule has 0 unspecified atom stereocenters. The highest BCUT2D eigenvalue weighted by atomic mass is 16.2. The summed E-state index contributed by atoms with van der Waals surface area (Å²) in [4.78, 5) is 23.4. The lowest BCUT2D eigenvalue weighted by Gasteiger charge is -2.13. The number of nitrogens with one attached hydrogen (secondary N) is 1. The number of hydrogen-bond donors (Lipinski definition) is 2. The van der Waals surface area contributed by atoms with Crippen molar-refractivity contribution < 1.29 is 9.59 Å². The van der Waals surface area contributed by atoms with Crippen molar-refractivity contribution in [3.05, 3.63) is 30.3 Å². The van der Waals surface area contributed by atoms with E-state index in [9.17, 15) is 9.59 Å². The summed E-state index contributed by atoms with van der Waals surface area (Å²) in [6.07, 6.45) is 0.230. The van der Waals surface area contributed by atoms with Gasteiger partial charge in [0, 0.05) is 25.7 Å². The summed E-state index contributed by atoms with van der Waals surface area (Å²) in [5, 5.41) is 2.72. The van der Waals surface area contributed by atoms with Crippen LogP contribution in [0.15, 0.2) is 30.3 Å². The van der Waals surface area contributed by atoms with Crippen molar-refractivity contribution in [1.82, 2.24) is 4.90 Å². The molecule has 5 heteroatoms. The van der Waals surface area contributed by atoms with Gasteiger partial charge in [0.1, 0.15) is 0 Å². The highest BCUT2D eigenvalue weighted by molar-refractivity contribution is 5.91. The second-order valence-electron chi connectivity index (χ2n) is 3.42. The number of nitrogens with zero attached hydrogens (tertiary/aromatic N) is 1. The number of benzene rings is 1. The number of amides is 3. The molecule has 5 nitrogen and oxygen atoms in total. The zero-order valence-electron chi connectivity index (χ0n) is 9.14. The lowest BCUT2D eigenvalue weighted by atomic mass is 10.3. The molecule has 0 aliphatic rings. The van der Waals surface area contributed by atoms with Gasteiger partial charge >= 0.3 is 6.03 Å². The van der Waals surface area contributed by atoms with Crippen LogP contribution in [-0.2, 0) is 4.79 Å². The Balaban J connectivity index is 2.35. The number of hydrogen-bond acceptors (Lipinski definition) is 2. The van der Waals surface area contributed by atoms with Gasteiger partial charge in [-0.15, -0.1) is 0 Å². The lowest BCUT2D eigenvalue weighted by Crippen LogP contribution is -2.34. The Morgan fingerprint density at radius 3 is 2.50 bits per heavy atom. The van der Waals surface area contributed by atoms with Gasteiger partial charge in [0.15, 0.2) is 0 Å². The molecule has 0 bridgehead atoms. The van der Waals surface area contributed by atoms with Crippen LogP contribution in [0.5, 0.6) is 0 Å². The van der Waals surface area contributed by atoms with Gasteiger partial charge in [-0.1, -0.05) is 18.2 Å². The third-order valence-corrected chi connectivity index (χ3v) is 2.11. The lowest BCUT2D eigenvalue weighted by molar-refractivity contribution is -0.116. The normalized spacial score (nSPS) is 9.56. The van der Waals surface area contributed by atoms with Crippen LogP contribution in [0.25, 0.3) is 0 Å². The molecule has 0 spiro atoms. The Morgan fingerprint density at radius 2 is 1.94 bits per heavy atom. The third kappa shape index (κ3) is 4.00. The van der Waals surface area contributed by atoms with Gasteiger partial charge in [0.05, 0.1) is 0 Å².